The van der Waals surface area contributed by atoms with Crippen molar-refractivity contribution in [1.82, 2.24) is 4.90 Å². The number of amides is 1. The molecular weight excluding hydrogens is 312 g/mol. The van der Waals surface area contributed by atoms with Crippen LogP contribution in [0.5, 0.6) is 0 Å². The van der Waals surface area contributed by atoms with Crippen LogP contribution in [0.25, 0.3) is 0 Å². The van der Waals surface area contributed by atoms with Gasteiger partial charge in [0.1, 0.15) is 0 Å². The second-order valence-electron chi connectivity index (χ2n) is 5.41. The van der Waals surface area contributed by atoms with E-state index in [9.17, 15) is 13.2 Å². The van der Waals surface area contributed by atoms with Gasteiger partial charge in [0.05, 0.1) is 4.90 Å². The molecule has 21 heavy (non-hydrogen) atoms. The van der Waals surface area contributed by atoms with Gasteiger partial charge in [0.2, 0.25) is 10.0 Å². The molecule has 1 fully saturated rings. The lowest BCUT2D eigenvalue weighted by Crippen LogP contribution is -2.33. The lowest BCUT2D eigenvalue weighted by atomic mass is 10.1. The van der Waals surface area contributed by atoms with Gasteiger partial charge >= 0.3 is 0 Å². The fourth-order valence-corrected chi connectivity index (χ4v) is 3.33. The summed E-state index contributed by atoms with van der Waals surface area (Å²) in [6, 6.07) is 2.82. The van der Waals surface area contributed by atoms with E-state index in [-0.39, 0.29) is 21.4 Å². The zero-order valence-electron chi connectivity index (χ0n) is 12.1. The number of rotatable bonds is 5. The van der Waals surface area contributed by atoms with Gasteiger partial charge in [-0.3, -0.25) is 4.79 Å². The van der Waals surface area contributed by atoms with Crippen LogP contribution in [0, 0.1) is 12.8 Å². The van der Waals surface area contributed by atoms with Crippen LogP contribution in [0.3, 0.4) is 0 Å². The van der Waals surface area contributed by atoms with Gasteiger partial charge in [-0.2, -0.15) is 0 Å². The molecule has 1 aliphatic rings. The maximum atomic E-state index is 12.5. The fourth-order valence-electron chi connectivity index (χ4n) is 2.22. The monoisotopic (exact) mass is 330 g/mol. The van der Waals surface area contributed by atoms with Crippen LogP contribution in [0.2, 0.25) is 5.02 Å². The summed E-state index contributed by atoms with van der Waals surface area (Å²) < 4.78 is 23.2. The molecule has 0 spiro atoms. The van der Waals surface area contributed by atoms with Crippen molar-refractivity contribution in [2.45, 2.75) is 31.6 Å². The van der Waals surface area contributed by atoms with Gasteiger partial charge in [-0.05, 0) is 50.3 Å². The van der Waals surface area contributed by atoms with Crippen molar-refractivity contribution in [2.75, 3.05) is 13.1 Å². The van der Waals surface area contributed by atoms with Crippen LogP contribution in [0.15, 0.2) is 17.0 Å². The van der Waals surface area contributed by atoms with Crippen molar-refractivity contribution in [1.29, 1.82) is 0 Å². The van der Waals surface area contributed by atoms with Crippen molar-refractivity contribution in [2.24, 2.45) is 11.1 Å². The highest BCUT2D eigenvalue weighted by Gasteiger charge is 2.27. The van der Waals surface area contributed by atoms with Crippen molar-refractivity contribution in [3.8, 4) is 0 Å². The first-order valence-electron chi connectivity index (χ1n) is 6.86. The molecule has 0 heterocycles. The number of benzene rings is 1. The summed E-state index contributed by atoms with van der Waals surface area (Å²) >= 11 is 6.04. The molecule has 1 saturated carbocycles. The zero-order chi connectivity index (χ0) is 15.8. The first kappa shape index (κ1) is 16.3. The summed E-state index contributed by atoms with van der Waals surface area (Å²) in [5.41, 5.74) is 0.623. The lowest BCUT2D eigenvalue weighted by Gasteiger charge is -2.21. The average molecular weight is 331 g/mol. The molecule has 116 valence electrons. The Kier molecular flexibility index (Phi) is 4.60. The fraction of sp³-hybridized carbons (Fsp3) is 0.500. The second kappa shape index (κ2) is 5.94. The number of nitrogens with two attached hydrogens (primary N) is 1. The Labute approximate surface area is 130 Å². The third-order valence-electron chi connectivity index (χ3n) is 3.69. The van der Waals surface area contributed by atoms with E-state index in [1.54, 1.807) is 11.8 Å². The largest absolute Gasteiger partial charge is 0.339 e. The molecule has 5 nitrogen and oxygen atoms in total. The van der Waals surface area contributed by atoms with E-state index >= 15 is 0 Å². The molecule has 2 rings (SSSR count). The number of carbonyl (C=O) groups excluding carboxylic acids is 1. The van der Waals surface area contributed by atoms with E-state index in [1.165, 1.54) is 12.1 Å². The molecule has 7 heteroatoms. The lowest BCUT2D eigenvalue weighted by molar-refractivity contribution is 0.0756. The van der Waals surface area contributed by atoms with E-state index in [1.807, 2.05) is 6.92 Å². The Hall–Kier alpha value is -1.11. The third kappa shape index (κ3) is 3.75. The summed E-state index contributed by atoms with van der Waals surface area (Å²) in [5.74, 6) is 0.351. The molecule has 0 unspecified atom stereocenters. The summed E-state index contributed by atoms with van der Waals surface area (Å²) in [5, 5.41) is 5.41. The smallest absolute Gasteiger partial charge is 0.253 e. The van der Waals surface area contributed by atoms with Crippen LogP contribution in [0.1, 0.15) is 35.7 Å². The molecule has 0 atom stereocenters. The Morgan fingerprint density at radius 1 is 1.43 bits per heavy atom. The molecule has 0 saturated heterocycles. The summed E-state index contributed by atoms with van der Waals surface area (Å²) in [6.45, 7) is 4.74. The molecule has 1 aromatic carbocycles. The number of carbonyl (C=O) groups is 1. The van der Waals surface area contributed by atoms with Gasteiger partial charge in [-0.1, -0.05) is 11.6 Å². The Morgan fingerprint density at radius 3 is 2.52 bits per heavy atom. The third-order valence-corrected chi connectivity index (χ3v) is 5.12. The number of hydrogen-bond acceptors (Lipinski definition) is 3. The van der Waals surface area contributed by atoms with Crippen molar-refractivity contribution in [3.05, 3.63) is 28.3 Å². The molecule has 0 bridgehead atoms. The first-order chi connectivity index (χ1) is 9.74. The average Bonchev–Trinajstić information content (AvgIpc) is 3.20. The van der Waals surface area contributed by atoms with Crippen LogP contribution in [-0.4, -0.2) is 32.3 Å². The Bertz CT molecular complexity index is 669. The van der Waals surface area contributed by atoms with Gasteiger partial charge in [0, 0.05) is 23.7 Å². The maximum Gasteiger partial charge on any atom is 0.253 e. The van der Waals surface area contributed by atoms with Gasteiger partial charge in [0.15, 0.2) is 0 Å². The van der Waals surface area contributed by atoms with Gasteiger partial charge in [-0.15, -0.1) is 0 Å². The quantitative estimate of drug-likeness (QED) is 0.898. The van der Waals surface area contributed by atoms with Gasteiger partial charge in [0.25, 0.3) is 5.91 Å². The predicted octanol–water partition coefficient (Wildman–Crippen LogP) is 2.17. The van der Waals surface area contributed by atoms with Crippen molar-refractivity contribution < 1.29 is 13.2 Å². The van der Waals surface area contributed by atoms with Crippen molar-refractivity contribution >= 4 is 27.5 Å². The van der Waals surface area contributed by atoms with E-state index in [0.29, 0.717) is 24.6 Å². The zero-order valence-corrected chi connectivity index (χ0v) is 13.7. The molecule has 0 aromatic heterocycles. The standard InChI is InChI=1S/C14H19ClN2O3S/c1-3-17(8-10-4-5-10)14(18)11-6-12(15)9(2)13(7-11)21(16,19)20/h6-7,10H,3-5,8H2,1-2H3,(H2,16,19,20). The molecule has 0 radical (unpaired) electrons. The molecule has 0 aliphatic heterocycles. The molecule has 1 aromatic rings. The summed E-state index contributed by atoms with van der Waals surface area (Å²) in [4.78, 5) is 14.1. The highest BCUT2D eigenvalue weighted by Crippen LogP contribution is 2.31. The maximum absolute atomic E-state index is 12.5. The predicted molar refractivity (Wildman–Crippen MR) is 81.9 cm³/mol. The SMILES string of the molecule is CCN(CC1CC1)C(=O)c1cc(Cl)c(C)c(S(N)(=O)=O)c1. The highest BCUT2D eigenvalue weighted by molar-refractivity contribution is 7.89. The molecule has 1 aliphatic carbocycles. The Morgan fingerprint density at radius 2 is 2.05 bits per heavy atom. The summed E-state index contributed by atoms with van der Waals surface area (Å²) in [6.07, 6.45) is 2.28. The number of sulfonamides is 1. The molecular formula is C14H19ClN2O3S. The number of nitrogens with zero attached hydrogens (tertiary/aromatic N) is 1. The van der Waals surface area contributed by atoms with Gasteiger partial charge in [-0.25, -0.2) is 13.6 Å². The van der Waals surface area contributed by atoms with E-state index in [4.69, 9.17) is 16.7 Å². The minimum atomic E-state index is -3.91. The number of halogens is 1. The van der Waals surface area contributed by atoms with Crippen LogP contribution in [-0.2, 0) is 10.0 Å². The molecule has 1 amide bonds. The number of primary sulfonamides is 1. The van der Waals surface area contributed by atoms with E-state index < -0.39 is 10.0 Å². The van der Waals surface area contributed by atoms with E-state index in [0.717, 1.165) is 12.8 Å². The highest BCUT2D eigenvalue weighted by atomic mass is 35.5. The van der Waals surface area contributed by atoms with E-state index in [2.05, 4.69) is 0 Å². The Balaban J connectivity index is 2.38. The van der Waals surface area contributed by atoms with Crippen molar-refractivity contribution in [3.63, 3.8) is 0 Å². The van der Waals surface area contributed by atoms with Crippen LogP contribution >= 0.6 is 11.6 Å². The van der Waals surface area contributed by atoms with Gasteiger partial charge < -0.3 is 4.90 Å². The normalized spacial score (nSPS) is 15.0. The van der Waals surface area contributed by atoms with Crippen LogP contribution < -0.4 is 5.14 Å². The molecule has 2 N–H and O–H groups in total. The van der Waals surface area contributed by atoms with Crippen LogP contribution in [0.4, 0.5) is 0 Å². The summed E-state index contributed by atoms with van der Waals surface area (Å²) in [7, 11) is -3.91. The minimum absolute atomic E-state index is 0.0965. The first-order valence-corrected chi connectivity index (χ1v) is 8.78. The second-order valence-corrected chi connectivity index (χ2v) is 7.35. The topological polar surface area (TPSA) is 80.5 Å². The minimum Gasteiger partial charge on any atom is -0.339 e. The number of hydrogen-bond donors (Lipinski definition) is 1.